The topological polar surface area (TPSA) is 76.4 Å². The third-order valence-electron chi connectivity index (χ3n) is 5.00. The minimum atomic E-state index is 0. The molecule has 0 amide bonds. The number of guanidine groups is 1. The second kappa shape index (κ2) is 12.2. The van der Waals surface area contributed by atoms with Crippen LogP contribution < -0.4 is 15.4 Å². The first-order valence-corrected chi connectivity index (χ1v) is 10.3. The van der Waals surface area contributed by atoms with E-state index in [1.165, 1.54) is 32.1 Å². The zero-order valence-electron chi connectivity index (χ0n) is 17.0. The number of nitrogens with zero attached hydrogens (tertiary/aromatic N) is 4. The van der Waals surface area contributed by atoms with Gasteiger partial charge in [-0.25, -0.2) is 4.99 Å². The van der Waals surface area contributed by atoms with E-state index in [9.17, 15) is 0 Å². The van der Waals surface area contributed by atoms with Crippen molar-refractivity contribution in [3.8, 4) is 5.75 Å². The molecule has 160 valence electrons. The summed E-state index contributed by atoms with van der Waals surface area (Å²) in [5.74, 6) is 3.21. The van der Waals surface area contributed by atoms with E-state index in [4.69, 9.17) is 21.3 Å². The lowest BCUT2D eigenvalue weighted by Crippen LogP contribution is -2.45. The molecule has 0 spiro atoms. The summed E-state index contributed by atoms with van der Waals surface area (Å²) in [4.78, 5) is 4.71. The van der Waals surface area contributed by atoms with Crippen molar-refractivity contribution < 1.29 is 4.74 Å². The third kappa shape index (κ3) is 7.33. The highest BCUT2D eigenvalue weighted by Gasteiger charge is 2.15. The number of hydrogen-bond acceptors (Lipinski definition) is 4. The first-order chi connectivity index (χ1) is 13.6. The molecule has 1 aromatic heterocycles. The van der Waals surface area contributed by atoms with Gasteiger partial charge in [0.1, 0.15) is 24.7 Å². The lowest BCUT2D eigenvalue weighted by atomic mass is 9.96. The van der Waals surface area contributed by atoms with Crippen molar-refractivity contribution in [2.75, 3.05) is 13.2 Å². The Morgan fingerprint density at radius 1 is 1.24 bits per heavy atom. The summed E-state index contributed by atoms with van der Waals surface area (Å²) in [5.41, 5.74) is 0. The van der Waals surface area contributed by atoms with Gasteiger partial charge in [0.25, 0.3) is 0 Å². The molecule has 29 heavy (non-hydrogen) atoms. The zero-order valence-corrected chi connectivity index (χ0v) is 20.1. The van der Waals surface area contributed by atoms with E-state index in [2.05, 4.69) is 20.8 Å². The molecule has 3 rings (SSSR count). The van der Waals surface area contributed by atoms with Gasteiger partial charge < -0.3 is 19.9 Å². The highest BCUT2D eigenvalue weighted by Crippen LogP contribution is 2.22. The summed E-state index contributed by atoms with van der Waals surface area (Å²) < 4.78 is 7.72. The van der Waals surface area contributed by atoms with Gasteiger partial charge in [-0.15, -0.1) is 34.2 Å². The summed E-state index contributed by atoms with van der Waals surface area (Å²) in [6.45, 7) is 3.54. The average Bonchev–Trinajstić information content (AvgIpc) is 3.03. The minimum Gasteiger partial charge on any atom is -0.490 e. The van der Waals surface area contributed by atoms with Gasteiger partial charge in [-0.1, -0.05) is 43.0 Å². The van der Waals surface area contributed by atoms with Gasteiger partial charge in [0, 0.05) is 13.1 Å². The molecule has 2 aromatic rings. The van der Waals surface area contributed by atoms with Crippen LogP contribution in [-0.4, -0.2) is 39.9 Å². The van der Waals surface area contributed by atoms with Crippen molar-refractivity contribution >= 4 is 41.5 Å². The van der Waals surface area contributed by atoms with Crippen LogP contribution in [0.25, 0.3) is 0 Å². The molecule has 1 aromatic carbocycles. The van der Waals surface area contributed by atoms with Crippen LogP contribution in [0, 0.1) is 6.92 Å². The number of aromatic nitrogens is 3. The fourth-order valence-corrected chi connectivity index (χ4v) is 3.41. The highest BCUT2D eigenvalue weighted by atomic mass is 127. The molecule has 0 unspecified atom stereocenters. The monoisotopic (exact) mass is 532 g/mol. The maximum absolute atomic E-state index is 6.13. The average molecular weight is 533 g/mol. The molecule has 7 nitrogen and oxygen atoms in total. The van der Waals surface area contributed by atoms with Crippen LogP contribution in [-0.2, 0) is 13.6 Å². The Morgan fingerprint density at radius 2 is 2.00 bits per heavy atom. The fourth-order valence-electron chi connectivity index (χ4n) is 3.22. The Morgan fingerprint density at radius 3 is 2.69 bits per heavy atom. The molecule has 1 fully saturated rings. The summed E-state index contributed by atoms with van der Waals surface area (Å²) in [7, 11) is 1.96. The molecular weight excluding hydrogens is 503 g/mol. The lowest BCUT2D eigenvalue weighted by Gasteiger charge is -2.25. The van der Waals surface area contributed by atoms with E-state index in [0.29, 0.717) is 36.5 Å². The van der Waals surface area contributed by atoms with Crippen molar-refractivity contribution in [2.24, 2.45) is 12.0 Å². The maximum Gasteiger partial charge on any atom is 0.192 e. The van der Waals surface area contributed by atoms with Crippen LogP contribution in [0.5, 0.6) is 5.75 Å². The normalized spacial score (nSPS) is 14.9. The van der Waals surface area contributed by atoms with Gasteiger partial charge in [-0.2, -0.15) is 0 Å². The van der Waals surface area contributed by atoms with Gasteiger partial charge in [0.15, 0.2) is 11.8 Å². The number of nitrogens with one attached hydrogen (secondary N) is 2. The fraction of sp³-hybridized carbons (Fsp3) is 0.550. The van der Waals surface area contributed by atoms with Crippen molar-refractivity contribution in [2.45, 2.75) is 51.6 Å². The number of aliphatic imine (C=N–C) groups is 1. The van der Waals surface area contributed by atoms with Crippen LogP contribution in [0.3, 0.4) is 0 Å². The molecule has 0 bridgehead atoms. The van der Waals surface area contributed by atoms with Crippen LogP contribution in [0.15, 0.2) is 29.3 Å². The molecule has 1 aliphatic carbocycles. The number of halogens is 2. The lowest BCUT2D eigenvalue weighted by molar-refractivity contribution is 0.321. The summed E-state index contributed by atoms with van der Waals surface area (Å²) in [5, 5.41) is 15.8. The Labute approximate surface area is 194 Å². The third-order valence-corrected chi connectivity index (χ3v) is 5.31. The predicted molar refractivity (Wildman–Crippen MR) is 127 cm³/mol. The second-order valence-corrected chi connectivity index (χ2v) is 7.48. The van der Waals surface area contributed by atoms with Crippen molar-refractivity contribution in [1.29, 1.82) is 0 Å². The number of hydrogen-bond donors (Lipinski definition) is 2. The zero-order chi connectivity index (χ0) is 19.8. The van der Waals surface area contributed by atoms with Gasteiger partial charge in [-0.3, -0.25) is 0 Å². The maximum atomic E-state index is 6.13. The number of para-hydroxylation sites is 1. The molecule has 0 radical (unpaired) electrons. The Kier molecular flexibility index (Phi) is 9.99. The van der Waals surface area contributed by atoms with E-state index in [1.807, 2.05) is 42.8 Å². The van der Waals surface area contributed by atoms with Crippen LogP contribution >= 0.6 is 35.6 Å². The first-order valence-electron chi connectivity index (χ1n) is 9.90. The summed E-state index contributed by atoms with van der Waals surface area (Å²) >= 11 is 6.13. The van der Waals surface area contributed by atoms with Crippen molar-refractivity contribution in [1.82, 2.24) is 25.4 Å². The van der Waals surface area contributed by atoms with Gasteiger partial charge >= 0.3 is 0 Å². The Balaban J connectivity index is 0.00000300. The molecule has 2 N–H and O–H groups in total. The number of ether oxygens (including phenoxy) is 1. The molecule has 1 heterocycles. The molecule has 9 heteroatoms. The van der Waals surface area contributed by atoms with Crippen molar-refractivity contribution in [3.05, 3.63) is 40.9 Å². The first kappa shape index (κ1) is 23.7. The SMILES string of the molecule is Cc1nnc(CN=C(NCCOc2ccccc2Cl)NC2CCCCC2)n1C.I. The van der Waals surface area contributed by atoms with E-state index in [0.717, 1.165) is 17.6 Å². The second-order valence-electron chi connectivity index (χ2n) is 7.07. The molecular formula is C20H30ClIN6O. The summed E-state index contributed by atoms with van der Waals surface area (Å²) in [6.07, 6.45) is 6.22. The molecule has 0 atom stereocenters. The van der Waals surface area contributed by atoms with Crippen molar-refractivity contribution in [3.63, 3.8) is 0 Å². The minimum absolute atomic E-state index is 0. The predicted octanol–water partition coefficient (Wildman–Crippen LogP) is 3.84. The van der Waals surface area contributed by atoms with E-state index in [-0.39, 0.29) is 24.0 Å². The quantitative estimate of drug-likeness (QED) is 0.245. The molecule has 0 saturated heterocycles. The standard InChI is InChI=1S/C20H29ClN6O.HI/c1-15-25-26-19(27(15)2)14-23-20(24-16-8-4-3-5-9-16)22-12-13-28-18-11-7-6-10-17(18)21;/h6-7,10-11,16H,3-5,8-9,12-14H2,1-2H3,(H2,22,23,24);1H. The molecule has 0 aliphatic heterocycles. The van der Waals surface area contributed by atoms with E-state index in [1.54, 1.807) is 0 Å². The molecule has 1 saturated carbocycles. The van der Waals surface area contributed by atoms with Gasteiger partial charge in [0.05, 0.1) is 11.6 Å². The van der Waals surface area contributed by atoms with E-state index >= 15 is 0 Å². The number of aryl methyl sites for hydroxylation is 1. The smallest absolute Gasteiger partial charge is 0.192 e. The van der Waals surface area contributed by atoms with E-state index < -0.39 is 0 Å². The number of rotatable bonds is 7. The van der Waals surface area contributed by atoms with Crippen LogP contribution in [0.4, 0.5) is 0 Å². The Bertz CT molecular complexity index is 791. The number of benzene rings is 1. The Hall–Kier alpha value is -1.55. The summed E-state index contributed by atoms with van der Waals surface area (Å²) in [6, 6.07) is 7.96. The largest absolute Gasteiger partial charge is 0.490 e. The highest BCUT2D eigenvalue weighted by molar-refractivity contribution is 14.0. The van der Waals surface area contributed by atoms with Gasteiger partial charge in [-0.05, 0) is 31.9 Å². The molecule has 1 aliphatic rings. The van der Waals surface area contributed by atoms with Crippen LogP contribution in [0.2, 0.25) is 5.02 Å². The van der Waals surface area contributed by atoms with Gasteiger partial charge in [0.2, 0.25) is 0 Å². The van der Waals surface area contributed by atoms with Crippen LogP contribution in [0.1, 0.15) is 43.8 Å².